The van der Waals surface area contributed by atoms with Crippen molar-refractivity contribution in [2.24, 2.45) is 0 Å². The van der Waals surface area contributed by atoms with Crippen LogP contribution in [0.1, 0.15) is 31.2 Å². The second-order valence-corrected chi connectivity index (χ2v) is 5.70. The maximum Gasteiger partial charge on any atom is 0.246 e. The third-order valence-electron chi connectivity index (χ3n) is 3.99. The molecule has 1 N–H and O–H groups in total. The highest BCUT2D eigenvalue weighted by molar-refractivity contribution is 5.92. The van der Waals surface area contributed by atoms with E-state index < -0.39 is 5.60 Å². The topological polar surface area (TPSA) is 49.8 Å². The summed E-state index contributed by atoms with van der Waals surface area (Å²) in [7, 11) is 3.33. The Kier molecular flexibility index (Phi) is 5.02. The van der Waals surface area contributed by atoms with Crippen molar-refractivity contribution in [1.29, 1.82) is 0 Å². The van der Waals surface area contributed by atoms with Crippen LogP contribution in [0.2, 0.25) is 0 Å². The number of para-hydroxylation sites is 1. The largest absolute Gasteiger partial charge is 0.496 e. The normalized spacial score (nSPS) is 17.1. The lowest BCUT2D eigenvalue weighted by molar-refractivity contribution is -0.127. The Balaban J connectivity index is 1.98. The molecule has 1 aliphatic rings. The maximum absolute atomic E-state index is 12.1. The molecule has 1 amide bonds. The van der Waals surface area contributed by atoms with Crippen LogP contribution in [0.5, 0.6) is 5.75 Å². The van der Waals surface area contributed by atoms with Gasteiger partial charge in [-0.15, -0.1) is 0 Å². The number of ether oxygens (including phenoxy) is 1. The van der Waals surface area contributed by atoms with Gasteiger partial charge < -0.3 is 14.7 Å². The van der Waals surface area contributed by atoms with Crippen molar-refractivity contribution in [3.63, 3.8) is 0 Å². The van der Waals surface area contributed by atoms with E-state index >= 15 is 0 Å². The third kappa shape index (κ3) is 4.08. The summed E-state index contributed by atoms with van der Waals surface area (Å²) in [6, 6.07) is 7.54. The number of nitrogens with zero attached hydrogens (tertiary/aromatic N) is 1. The van der Waals surface area contributed by atoms with Gasteiger partial charge in [0.25, 0.3) is 0 Å². The molecule has 0 saturated heterocycles. The minimum Gasteiger partial charge on any atom is -0.496 e. The van der Waals surface area contributed by atoms with E-state index in [1.165, 1.54) is 6.08 Å². The first-order valence-corrected chi connectivity index (χ1v) is 7.33. The molecule has 4 heteroatoms. The molecule has 0 spiro atoms. The Labute approximate surface area is 126 Å². The number of carbonyl (C=O) groups is 1. The predicted octanol–water partition coefficient (Wildman–Crippen LogP) is 2.47. The Morgan fingerprint density at radius 2 is 2.05 bits per heavy atom. The molecule has 114 valence electrons. The van der Waals surface area contributed by atoms with Gasteiger partial charge in [0.05, 0.1) is 12.7 Å². The van der Waals surface area contributed by atoms with Crippen LogP contribution >= 0.6 is 0 Å². The molecule has 0 bridgehead atoms. The standard InChI is InChI=1S/C17H23NO3/c1-18(13-17(20)11-5-6-12-17)16(19)10-9-14-7-3-4-8-15(14)21-2/h3-4,7-10,20H,5-6,11-13H2,1-2H3/b10-9+. The van der Waals surface area contributed by atoms with Gasteiger partial charge in [-0.3, -0.25) is 4.79 Å². The van der Waals surface area contributed by atoms with E-state index in [4.69, 9.17) is 4.74 Å². The van der Waals surface area contributed by atoms with Crippen LogP contribution in [0.25, 0.3) is 6.08 Å². The molecule has 1 aromatic carbocycles. The van der Waals surface area contributed by atoms with Crippen LogP contribution in [-0.4, -0.2) is 42.2 Å². The fourth-order valence-corrected chi connectivity index (χ4v) is 2.80. The van der Waals surface area contributed by atoms with Gasteiger partial charge in [0.15, 0.2) is 0 Å². The summed E-state index contributed by atoms with van der Waals surface area (Å²) in [5.41, 5.74) is 0.157. The van der Waals surface area contributed by atoms with Crippen molar-refractivity contribution in [3.05, 3.63) is 35.9 Å². The minimum absolute atomic E-state index is 0.110. The molecule has 4 nitrogen and oxygen atoms in total. The maximum atomic E-state index is 12.1. The Morgan fingerprint density at radius 1 is 1.38 bits per heavy atom. The lowest BCUT2D eigenvalue weighted by atomic mass is 10.0. The smallest absolute Gasteiger partial charge is 0.246 e. The van der Waals surface area contributed by atoms with E-state index in [0.717, 1.165) is 37.0 Å². The van der Waals surface area contributed by atoms with Gasteiger partial charge in [-0.05, 0) is 25.0 Å². The summed E-state index contributed by atoms with van der Waals surface area (Å²) < 4.78 is 5.25. The van der Waals surface area contributed by atoms with Crippen molar-refractivity contribution >= 4 is 12.0 Å². The molecule has 2 rings (SSSR count). The molecule has 1 fully saturated rings. The molecule has 1 saturated carbocycles. The minimum atomic E-state index is -0.706. The van der Waals surface area contributed by atoms with Crippen LogP contribution in [0.3, 0.4) is 0 Å². The summed E-state index contributed by atoms with van der Waals surface area (Å²) in [5, 5.41) is 10.3. The average molecular weight is 289 g/mol. The monoisotopic (exact) mass is 289 g/mol. The number of hydrogen-bond acceptors (Lipinski definition) is 3. The first kappa shape index (κ1) is 15.6. The number of amides is 1. The second-order valence-electron chi connectivity index (χ2n) is 5.70. The first-order valence-electron chi connectivity index (χ1n) is 7.33. The summed E-state index contributed by atoms with van der Waals surface area (Å²) in [6.07, 6.45) is 6.90. The van der Waals surface area contributed by atoms with Crippen LogP contribution in [-0.2, 0) is 4.79 Å². The molecule has 0 unspecified atom stereocenters. The van der Waals surface area contributed by atoms with Gasteiger partial charge >= 0.3 is 0 Å². The van der Waals surface area contributed by atoms with Crippen molar-refractivity contribution in [2.75, 3.05) is 20.7 Å². The van der Waals surface area contributed by atoms with E-state index in [0.29, 0.717) is 6.54 Å². The van der Waals surface area contributed by atoms with Gasteiger partial charge in [0, 0.05) is 25.2 Å². The third-order valence-corrected chi connectivity index (χ3v) is 3.99. The molecular weight excluding hydrogens is 266 g/mol. The van der Waals surface area contributed by atoms with Crippen LogP contribution < -0.4 is 4.74 Å². The number of benzene rings is 1. The van der Waals surface area contributed by atoms with E-state index in [-0.39, 0.29) is 5.91 Å². The molecule has 1 aromatic rings. The van der Waals surface area contributed by atoms with Crippen LogP contribution in [0.4, 0.5) is 0 Å². The highest BCUT2D eigenvalue weighted by atomic mass is 16.5. The van der Waals surface area contributed by atoms with Gasteiger partial charge in [-0.25, -0.2) is 0 Å². The van der Waals surface area contributed by atoms with Gasteiger partial charge in [0.2, 0.25) is 5.91 Å². The summed E-state index contributed by atoms with van der Waals surface area (Å²) in [6.45, 7) is 0.391. The molecule has 21 heavy (non-hydrogen) atoms. The average Bonchev–Trinajstić information content (AvgIpc) is 2.91. The predicted molar refractivity (Wildman–Crippen MR) is 83.1 cm³/mol. The van der Waals surface area contributed by atoms with E-state index in [1.54, 1.807) is 25.1 Å². The van der Waals surface area contributed by atoms with Crippen molar-refractivity contribution < 1.29 is 14.6 Å². The zero-order valence-electron chi connectivity index (χ0n) is 12.7. The number of carbonyl (C=O) groups excluding carboxylic acids is 1. The van der Waals surface area contributed by atoms with E-state index in [1.807, 2.05) is 24.3 Å². The zero-order chi connectivity index (χ0) is 15.3. The van der Waals surface area contributed by atoms with Crippen molar-refractivity contribution in [2.45, 2.75) is 31.3 Å². The number of rotatable bonds is 5. The molecule has 1 aliphatic carbocycles. The zero-order valence-corrected chi connectivity index (χ0v) is 12.7. The lowest BCUT2D eigenvalue weighted by Crippen LogP contribution is -2.41. The van der Waals surface area contributed by atoms with Crippen molar-refractivity contribution in [3.8, 4) is 5.75 Å². The van der Waals surface area contributed by atoms with Crippen molar-refractivity contribution in [1.82, 2.24) is 4.90 Å². The van der Waals surface area contributed by atoms with Crippen LogP contribution in [0, 0.1) is 0 Å². The first-order chi connectivity index (χ1) is 10.0. The second kappa shape index (κ2) is 6.76. The number of hydrogen-bond donors (Lipinski definition) is 1. The Morgan fingerprint density at radius 3 is 2.71 bits per heavy atom. The van der Waals surface area contributed by atoms with E-state index in [9.17, 15) is 9.90 Å². The molecular formula is C17H23NO3. The highest BCUT2D eigenvalue weighted by Crippen LogP contribution is 2.30. The van der Waals surface area contributed by atoms with Crippen LogP contribution in [0.15, 0.2) is 30.3 Å². The Bertz CT molecular complexity index is 519. The molecule has 0 aromatic heterocycles. The summed E-state index contributed by atoms with van der Waals surface area (Å²) in [5.74, 6) is 0.625. The molecule has 0 aliphatic heterocycles. The van der Waals surface area contributed by atoms with Gasteiger partial charge in [-0.2, -0.15) is 0 Å². The Hall–Kier alpha value is -1.81. The van der Waals surface area contributed by atoms with Gasteiger partial charge in [0.1, 0.15) is 5.75 Å². The van der Waals surface area contributed by atoms with E-state index in [2.05, 4.69) is 0 Å². The number of methoxy groups -OCH3 is 1. The quantitative estimate of drug-likeness (QED) is 0.847. The number of likely N-dealkylation sites (N-methyl/N-ethyl adjacent to an activating group) is 1. The fourth-order valence-electron chi connectivity index (χ4n) is 2.80. The lowest BCUT2D eigenvalue weighted by Gasteiger charge is -2.27. The fraction of sp³-hybridized carbons (Fsp3) is 0.471. The highest BCUT2D eigenvalue weighted by Gasteiger charge is 2.32. The van der Waals surface area contributed by atoms with Gasteiger partial charge in [-0.1, -0.05) is 31.0 Å². The number of aliphatic hydroxyl groups is 1. The molecule has 0 radical (unpaired) electrons. The SMILES string of the molecule is COc1ccccc1/C=C/C(=O)N(C)CC1(O)CCCC1. The summed E-state index contributed by atoms with van der Waals surface area (Å²) in [4.78, 5) is 13.7. The summed E-state index contributed by atoms with van der Waals surface area (Å²) >= 11 is 0. The molecule has 0 heterocycles. The molecule has 0 atom stereocenters.